The summed E-state index contributed by atoms with van der Waals surface area (Å²) in [7, 11) is 1.35. The molecule has 13 heteroatoms. The minimum atomic E-state index is -1.04. The molecule has 2 amide bonds. The molecule has 0 fully saturated rings. The van der Waals surface area contributed by atoms with Crippen LogP contribution in [-0.2, 0) is 50.0 Å². The summed E-state index contributed by atoms with van der Waals surface area (Å²) in [6.45, 7) is 0.754. The van der Waals surface area contributed by atoms with Gasteiger partial charge in [0.05, 0.1) is 30.3 Å². The van der Waals surface area contributed by atoms with Gasteiger partial charge in [-0.2, -0.15) is 0 Å². The summed E-state index contributed by atoms with van der Waals surface area (Å²) in [6.07, 6.45) is 0.521. The van der Waals surface area contributed by atoms with Gasteiger partial charge in [-0.05, 0) is 57.6 Å². The van der Waals surface area contributed by atoms with Gasteiger partial charge in [0.15, 0.2) is 0 Å². The molecular weight excluding hydrogens is 940 g/mol. The molecule has 12 nitrogen and oxygen atoms in total. The Labute approximate surface area is 449 Å². The zero-order valence-electron chi connectivity index (χ0n) is 41.1. The zero-order chi connectivity index (χ0) is 49.1. The third-order valence-electron chi connectivity index (χ3n) is 12.9. The van der Waals surface area contributed by atoms with Crippen LogP contribution in [0.5, 0.6) is 11.5 Å². The number of anilines is 2. The molecule has 4 N–H and O–H groups in total. The predicted molar refractivity (Wildman–Crippen MR) is 286 cm³/mol. The summed E-state index contributed by atoms with van der Waals surface area (Å²) in [5.41, 5.74) is 8.25. The average molecular weight is 999 g/mol. The maximum Gasteiger partial charge on any atom is 1.00 e. The normalized spacial score (nSPS) is 13.7. The van der Waals surface area contributed by atoms with Crippen LogP contribution >= 0.6 is 0 Å². The molecule has 0 aliphatic carbocycles. The molecule has 0 spiro atoms. The SMILES string of the molecule is C.COC(=O)C1Cc2c(OCc3ccccc3)cccc2N1C(=O)C(c1ccccc1)c1ccccc1.O.O=C(O)C1Cc2c(OCc3ccccc3)cccc2N1C(=O)C(c1ccccc1)c1ccccc1.[Li+].[OH-]. The van der Waals surface area contributed by atoms with Crippen LogP contribution in [0.4, 0.5) is 11.4 Å². The third-order valence-corrected chi connectivity index (χ3v) is 12.9. The van der Waals surface area contributed by atoms with E-state index in [0.717, 1.165) is 44.5 Å². The van der Waals surface area contributed by atoms with Crippen LogP contribution in [0, 0.1) is 0 Å². The largest absolute Gasteiger partial charge is 1.00 e. The van der Waals surface area contributed by atoms with Crippen molar-refractivity contribution >= 4 is 35.1 Å². The van der Waals surface area contributed by atoms with Crippen LogP contribution < -0.4 is 38.1 Å². The molecule has 0 saturated heterocycles. The van der Waals surface area contributed by atoms with Crippen molar-refractivity contribution in [2.45, 2.75) is 57.4 Å². The average Bonchev–Trinajstić information content (AvgIpc) is 4.03. The Kier molecular flexibility index (Phi) is 20.9. The van der Waals surface area contributed by atoms with E-state index in [1.165, 1.54) is 12.0 Å². The van der Waals surface area contributed by atoms with Gasteiger partial charge >= 0.3 is 30.8 Å². The number of ether oxygens (including phenoxy) is 3. The number of nitrogens with zero attached hydrogens (tertiary/aromatic N) is 2. The summed E-state index contributed by atoms with van der Waals surface area (Å²) >= 11 is 0. The number of benzene rings is 8. The van der Waals surface area contributed by atoms with Gasteiger partial charge in [0, 0.05) is 24.0 Å². The fraction of sp³-hybridized carbons (Fsp3) is 0.161. The number of amides is 2. The number of rotatable bonds is 14. The Morgan fingerprint density at radius 3 is 1.11 bits per heavy atom. The van der Waals surface area contributed by atoms with Crippen molar-refractivity contribution in [2.75, 3.05) is 16.9 Å². The molecular formula is C62H59LiN2O10. The first-order chi connectivity index (χ1) is 34.8. The molecule has 0 aromatic heterocycles. The topological polar surface area (TPSA) is 184 Å². The van der Waals surface area contributed by atoms with Crippen molar-refractivity contribution in [3.63, 3.8) is 0 Å². The smallest absolute Gasteiger partial charge is 0.870 e. The van der Waals surface area contributed by atoms with E-state index in [4.69, 9.17) is 14.2 Å². The first kappa shape index (κ1) is 57.7. The Balaban J connectivity index is 0.000000263. The second-order valence-electron chi connectivity index (χ2n) is 17.3. The number of esters is 1. The Bertz CT molecular complexity index is 3020. The maximum absolute atomic E-state index is 14.3. The first-order valence-electron chi connectivity index (χ1n) is 23.5. The summed E-state index contributed by atoms with van der Waals surface area (Å²) in [4.78, 5) is 56.7. The number of carbonyl (C=O) groups excluding carboxylic acids is 3. The van der Waals surface area contributed by atoms with Crippen molar-refractivity contribution in [1.29, 1.82) is 0 Å². The minimum absolute atomic E-state index is 0. The van der Waals surface area contributed by atoms with E-state index >= 15 is 0 Å². The molecule has 0 bridgehead atoms. The summed E-state index contributed by atoms with van der Waals surface area (Å²) < 4.78 is 17.4. The van der Waals surface area contributed by atoms with Crippen LogP contribution in [0.25, 0.3) is 0 Å². The second kappa shape index (κ2) is 27.2. The van der Waals surface area contributed by atoms with Crippen LogP contribution in [0.3, 0.4) is 0 Å². The fourth-order valence-electron chi connectivity index (χ4n) is 9.50. The Morgan fingerprint density at radius 2 is 0.787 bits per heavy atom. The van der Waals surface area contributed by atoms with E-state index in [9.17, 15) is 24.3 Å². The third kappa shape index (κ3) is 12.9. The van der Waals surface area contributed by atoms with E-state index in [1.54, 1.807) is 11.0 Å². The molecule has 8 aromatic carbocycles. The number of fused-ring (bicyclic) bond motifs is 2. The first-order valence-corrected chi connectivity index (χ1v) is 23.5. The molecule has 0 radical (unpaired) electrons. The van der Waals surface area contributed by atoms with E-state index in [-0.39, 0.29) is 55.5 Å². The molecule has 2 aliphatic heterocycles. The predicted octanol–water partition coefficient (Wildman–Crippen LogP) is 7.61. The quantitative estimate of drug-likeness (QED) is 0.0847. The summed E-state index contributed by atoms with van der Waals surface area (Å²) in [5, 5.41) is 10.1. The van der Waals surface area contributed by atoms with Gasteiger partial charge in [-0.3, -0.25) is 19.4 Å². The number of carboxylic acid groups (broad SMARTS) is 1. The molecule has 2 unspecified atom stereocenters. The molecule has 2 aliphatic rings. The van der Waals surface area contributed by atoms with Gasteiger partial charge in [0.25, 0.3) is 0 Å². The summed E-state index contributed by atoms with van der Waals surface area (Å²) in [5.74, 6) is -1.87. The zero-order valence-corrected chi connectivity index (χ0v) is 41.1. The van der Waals surface area contributed by atoms with Crippen LogP contribution in [-0.4, -0.2) is 59.0 Å². The van der Waals surface area contributed by atoms with Crippen LogP contribution in [0.15, 0.2) is 218 Å². The Morgan fingerprint density at radius 1 is 0.480 bits per heavy atom. The van der Waals surface area contributed by atoms with E-state index in [2.05, 4.69) is 0 Å². The van der Waals surface area contributed by atoms with Crippen LogP contribution in [0.1, 0.15) is 63.8 Å². The number of hydrogen-bond acceptors (Lipinski definition) is 8. The number of methoxy groups -OCH3 is 1. The molecule has 8 aromatic rings. The molecule has 2 atom stereocenters. The number of carboxylic acids is 1. The maximum atomic E-state index is 14.3. The summed E-state index contributed by atoms with van der Waals surface area (Å²) in [6, 6.07) is 67.3. The molecule has 75 heavy (non-hydrogen) atoms. The molecule has 378 valence electrons. The van der Waals surface area contributed by atoms with Crippen molar-refractivity contribution in [3.05, 3.63) is 263 Å². The van der Waals surface area contributed by atoms with Gasteiger partial charge in [-0.1, -0.05) is 202 Å². The van der Waals surface area contributed by atoms with Crippen LogP contribution in [0.2, 0.25) is 0 Å². The number of hydrogen-bond donors (Lipinski definition) is 1. The molecule has 2 heterocycles. The minimum Gasteiger partial charge on any atom is -0.870 e. The van der Waals surface area contributed by atoms with Crippen molar-refractivity contribution < 1.29 is 68.3 Å². The molecule has 0 saturated carbocycles. The van der Waals surface area contributed by atoms with Gasteiger partial charge < -0.3 is 30.3 Å². The van der Waals surface area contributed by atoms with Crippen molar-refractivity contribution in [2.24, 2.45) is 0 Å². The van der Waals surface area contributed by atoms with Gasteiger partial charge in [0.2, 0.25) is 11.8 Å². The van der Waals surface area contributed by atoms with Gasteiger partial charge in [-0.15, -0.1) is 0 Å². The molecule has 10 rings (SSSR count). The monoisotopic (exact) mass is 998 g/mol. The van der Waals surface area contributed by atoms with E-state index in [1.807, 2.05) is 212 Å². The van der Waals surface area contributed by atoms with Gasteiger partial charge in [0.1, 0.15) is 36.8 Å². The Hall–Kier alpha value is -8.24. The van der Waals surface area contributed by atoms with Crippen molar-refractivity contribution in [3.8, 4) is 11.5 Å². The second-order valence-corrected chi connectivity index (χ2v) is 17.3. The van der Waals surface area contributed by atoms with Crippen molar-refractivity contribution in [1.82, 2.24) is 0 Å². The number of carbonyl (C=O) groups is 4. The standard InChI is InChI=1S/C31H27NO4.C30H25NO4.CH4.Li.2H2O/c1-35-31(34)27-20-25-26(18-11-19-28(25)36-21-22-12-5-2-6-13-22)32(27)30(33)29(23-14-7-3-8-15-23)24-16-9-4-10-17-24;32-29(28(22-13-6-2-7-14-22)23-15-8-3-9-16-23)31-25-17-10-18-27(24(25)19-26(31)30(33)34)35-20-21-11-4-1-5-12-21;;;;/h2-19,27,29H,20-21H2,1H3;1-18,26,28H,19-20H2,(H,33,34);1H4;;2*1H2/q;;;+1;;/p-1. The van der Waals surface area contributed by atoms with E-state index in [0.29, 0.717) is 42.5 Å². The van der Waals surface area contributed by atoms with Gasteiger partial charge in [-0.25, -0.2) is 9.59 Å². The number of aliphatic carboxylic acids is 1. The van der Waals surface area contributed by atoms with E-state index < -0.39 is 35.9 Å². The fourth-order valence-corrected chi connectivity index (χ4v) is 9.50.